The molecule has 19 heavy (non-hydrogen) atoms. The van der Waals surface area contributed by atoms with Crippen molar-refractivity contribution in [1.29, 1.82) is 0 Å². The van der Waals surface area contributed by atoms with Crippen molar-refractivity contribution in [3.05, 3.63) is 51.5 Å². The van der Waals surface area contributed by atoms with Gasteiger partial charge in [-0.25, -0.2) is 0 Å². The smallest absolute Gasteiger partial charge is 0.105 e. The number of aromatic nitrogens is 1. The zero-order valence-electron chi connectivity index (χ0n) is 9.81. The summed E-state index contributed by atoms with van der Waals surface area (Å²) in [6.07, 6.45) is -0.716. The second kappa shape index (κ2) is 5.86. The molecule has 98 valence electrons. The number of benzene rings is 1. The van der Waals surface area contributed by atoms with E-state index >= 15 is 0 Å². The largest absolute Gasteiger partial charge is 0.390 e. The monoisotopic (exact) mass is 278 g/mol. The summed E-state index contributed by atoms with van der Waals surface area (Å²) < 4.78 is 0. The van der Waals surface area contributed by atoms with E-state index in [-0.39, 0.29) is 6.54 Å². The van der Waals surface area contributed by atoms with Crippen LogP contribution in [0.5, 0.6) is 0 Å². The molecule has 0 spiro atoms. The number of rotatable bonds is 4. The summed E-state index contributed by atoms with van der Waals surface area (Å²) in [4.78, 5) is 6.68. The first kappa shape index (κ1) is 13.6. The number of aliphatic hydroxyl groups excluding tert-OH is 2. The van der Waals surface area contributed by atoms with Gasteiger partial charge in [-0.3, -0.25) is 4.98 Å². The van der Waals surface area contributed by atoms with Crippen LogP contribution >= 0.6 is 11.6 Å². The molecule has 1 aromatic carbocycles. The van der Waals surface area contributed by atoms with Crippen LogP contribution in [0, 0.1) is 0 Å². The van der Waals surface area contributed by atoms with Gasteiger partial charge in [-0.1, -0.05) is 22.8 Å². The summed E-state index contributed by atoms with van der Waals surface area (Å²) in [5.41, 5.74) is 9.38. The fourth-order valence-corrected chi connectivity index (χ4v) is 1.96. The first-order valence-corrected chi connectivity index (χ1v) is 5.92. The highest BCUT2D eigenvalue weighted by Gasteiger charge is 2.18. The molecule has 0 radical (unpaired) electrons. The molecule has 0 fully saturated rings. The first-order valence-electron chi connectivity index (χ1n) is 5.54. The Morgan fingerprint density at radius 3 is 2.89 bits per heavy atom. The fourth-order valence-electron chi connectivity index (χ4n) is 1.76. The predicted molar refractivity (Wildman–Crippen MR) is 71.7 cm³/mol. The highest BCUT2D eigenvalue weighted by atomic mass is 35.5. The molecular weight excluding hydrogens is 268 g/mol. The number of halogens is 1. The summed E-state index contributed by atoms with van der Waals surface area (Å²) in [6, 6.07) is 6.67. The number of hydrogen-bond acceptors (Lipinski definition) is 4. The van der Waals surface area contributed by atoms with Gasteiger partial charge in [-0.2, -0.15) is 0 Å². The number of azide groups is 1. The van der Waals surface area contributed by atoms with E-state index in [1.54, 1.807) is 30.5 Å². The minimum absolute atomic E-state index is 0.198. The Bertz CT molecular complexity index is 643. The number of nitrogens with zero attached hydrogens (tertiary/aromatic N) is 4. The van der Waals surface area contributed by atoms with Crippen LogP contribution in [0.3, 0.4) is 0 Å². The lowest BCUT2D eigenvalue weighted by Gasteiger charge is -2.16. The lowest BCUT2D eigenvalue weighted by Crippen LogP contribution is -2.21. The van der Waals surface area contributed by atoms with Crippen LogP contribution < -0.4 is 0 Å². The first-order chi connectivity index (χ1) is 9.13. The van der Waals surface area contributed by atoms with E-state index in [0.717, 1.165) is 0 Å². The van der Waals surface area contributed by atoms with Crippen molar-refractivity contribution in [2.45, 2.75) is 12.2 Å². The Labute approximate surface area is 113 Å². The third-order valence-corrected chi connectivity index (χ3v) is 3.08. The molecule has 0 bridgehead atoms. The van der Waals surface area contributed by atoms with Gasteiger partial charge in [-0.15, -0.1) is 0 Å². The molecule has 0 aliphatic carbocycles. The lowest BCUT2D eigenvalue weighted by molar-refractivity contribution is 0.0245. The van der Waals surface area contributed by atoms with Crippen molar-refractivity contribution in [3.8, 4) is 0 Å². The molecule has 1 heterocycles. The van der Waals surface area contributed by atoms with Crippen molar-refractivity contribution in [2.24, 2.45) is 5.11 Å². The van der Waals surface area contributed by atoms with E-state index in [2.05, 4.69) is 15.0 Å². The van der Waals surface area contributed by atoms with Crippen LogP contribution in [-0.2, 0) is 0 Å². The van der Waals surface area contributed by atoms with Crippen LogP contribution in [0.1, 0.15) is 11.7 Å². The van der Waals surface area contributed by atoms with Gasteiger partial charge < -0.3 is 10.2 Å². The normalized spacial score (nSPS) is 13.8. The fraction of sp³-hybridized carbons (Fsp3) is 0.250. The molecule has 2 unspecified atom stereocenters. The Hall–Kier alpha value is -1.85. The van der Waals surface area contributed by atoms with Crippen LogP contribution in [0.25, 0.3) is 21.3 Å². The van der Waals surface area contributed by atoms with Crippen molar-refractivity contribution in [3.63, 3.8) is 0 Å². The molecule has 1 aromatic heterocycles. The summed E-state index contributed by atoms with van der Waals surface area (Å²) >= 11 is 6.05. The Balaban J connectivity index is 2.34. The number of fused-ring (bicyclic) bond motifs is 1. The molecule has 2 N–H and O–H groups in total. The molecule has 0 saturated heterocycles. The molecule has 2 atom stereocenters. The Morgan fingerprint density at radius 2 is 2.16 bits per heavy atom. The third kappa shape index (κ3) is 2.94. The molecule has 2 rings (SSSR count). The van der Waals surface area contributed by atoms with Gasteiger partial charge in [0.05, 0.1) is 23.2 Å². The average molecular weight is 279 g/mol. The number of aliphatic hydroxyl groups is 2. The maximum absolute atomic E-state index is 9.97. The maximum Gasteiger partial charge on any atom is 0.105 e. The van der Waals surface area contributed by atoms with Crippen LogP contribution in [0.15, 0.2) is 35.6 Å². The second-order valence-electron chi connectivity index (χ2n) is 3.99. The molecule has 0 amide bonds. The lowest BCUT2D eigenvalue weighted by atomic mass is 10.0. The van der Waals surface area contributed by atoms with Gasteiger partial charge in [0.15, 0.2) is 0 Å². The van der Waals surface area contributed by atoms with Crippen LogP contribution in [0.2, 0.25) is 5.02 Å². The highest BCUT2D eigenvalue weighted by molar-refractivity contribution is 6.35. The number of hydrogen-bond donors (Lipinski definition) is 2. The average Bonchev–Trinajstić information content (AvgIpc) is 2.44. The maximum atomic E-state index is 9.97. The van der Waals surface area contributed by atoms with E-state index in [0.29, 0.717) is 21.5 Å². The van der Waals surface area contributed by atoms with Gasteiger partial charge in [-0.05, 0) is 29.3 Å². The molecule has 0 aliphatic rings. The third-order valence-electron chi connectivity index (χ3n) is 2.75. The molecule has 2 aromatic rings. The van der Waals surface area contributed by atoms with E-state index in [9.17, 15) is 10.2 Å². The van der Waals surface area contributed by atoms with Crippen molar-refractivity contribution in [1.82, 2.24) is 4.98 Å². The van der Waals surface area contributed by atoms with Crippen molar-refractivity contribution >= 4 is 22.5 Å². The van der Waals surface area contributed by atoms with Crippen molar-refractivity contribution in [2.75, 3.05) is 6.54 Å². The minimum Gasteiger partial charge on any atom is -0.390 e. The van der Waals surface area contributed by atoms with Crippen LogP contribution in [0.4, 0.5) is 0 Å². The van der Waals surface area contributed by atoms with Gasteiger partial charge in [0, 0.05) is 16.5 Å². The zero-order valence-corrected chi connectivity index (χ0v) is 10.6. The minimum atomic E-state index is -1.16. The molecule has 0 saturated carbocycles. The SMILES string of the molecule is [N-]=[N+]=NCC(O)C(O)c1ccc2nccc(Cl)c2c1. The van der Waals surface area contributed by atoms with E-state index in [4.69, 9.17) is 17.1 Å². The van der Waals surface area contributed by atoms with Crippen LogP contribution in [-0.4, -0.2) is 27.8 Å². The summed E-state index contributed by atoms with van der Waals surface area (Å²) in [7, 11) is 0. The molecule has 0 aliphatic heterocycles. The standard InChI is InChI=1S/C12H11ClN4O2/c13-9-3-4-15-10-2-1-7(5-8(9)10)12(19)11(18)6-16-17-14/h1-5,11-12,18-19H,6H2. The second-order valence-corrected chi connectivity index (χ2v) is 4.40. The van der Waals surface area contributed by atoms with E-state index in [1.807, 2.05) is 0 Å². The Morgan fingerprint density at radius 1 is 1.37 bits per heavy atom. The Kier molecular flexibility index (Phi) is 4.19. The highest BCUT2D eigenvalue weighted by Crippen LogP contribution is 2.26. The molecular formula is C12H11ClN4O2. The quantitative estimate of drug-likeness (QED) is 0.510. The number of pyridine rings is 1. The van der Waals surface area contributed by atoms with Gasteiger partial charge >= 0.3 is 0 Å². The molecule has 6 nitrogen and oxygen atoms in total. The van der Waals surface area contributed by atoms with Gasteiger partial charge in [0.1, 0.15) is 6.10 Å². The van der Waals surface area contributed by atoms with Gasteiger partial charge in [0.2, 0.25) is 0 Å². The zero-order chi connectivity index (χ0) is 13.8. The van der Waals surface area contributed by atoms with E-state index in [1.165, 1.54) is 0 Å². The molecule has 7 heteroatoms. The van der Waals surface area contributed by atoms with Gasteiger partial charge in [0.25, 0.3) is 0 Å². The predicted octanol–water partition coefficient (Wildman–Crippen LogP) is 2.59. The van der Waals surface area contributed by atoms with Crippen molar-refractivity contribution < 1.29 is 10.2 Å². The summed E-state index contributed by atoms with van der Waals surface area (Å²) in [5.74, 6) is 0. The van der Waals surface area contributed by atoms with E-state index < -0.39 is 12.2 Å². The topological polar surface area (TPSA) is 102 Å². The summed E-state index contributed by atoms with van der Waals surface area (Å²) in [6.45, 7) is -0.198. The summed E-state index contributed by atoms with van der Waals surface area (Å²) in [5, 5.41) is 24.1.